The van der Waals surface area contributed by atoms with Gasteiger partial charge in [-0.25, -0.2) is 4.98 Å². The fourth-order valence-corrected chi connectivity index (χ4v) is 3.13. The largest absolute Gasteiger partial charge is 0.465 e. The Balaban J connectivity index is 2.14. The summed E-state index contributed by atoms with van der Waals surface area (Å²) < 4.78 is 6.19. The summed E-state index contributed by atoms with van der Waals surface area (Å²) in [4.78, 5) is 16.6. The van der Waals surface area contributed by atoms with Crippen molar-refractivity contribution in [3.8, 4) is 0 Å². The summed E-state index contributed by atoms with van der Waals surface area (Å²) in [6.07, 6.45) is 0.775. The van der Waals surface area contributed by atoms with Crippen LogP contribution in [0.15, 0.2) is 34.1 Å². The maximum absolute atomic E-state index is 12.0. The molecule has 0 spiro atoms. The van der Waals surface area contributed by atoms with Crippen LogP contribution in [-0.4, -0.2) is 17.6 Å². The van der Waals surface area contributed by atoms with E-state index in [1.165, 1.54) is 5.56 Å². The molecule has 1 aromatic heterocycles. The molecule has 1 heterocycles. The fourth-order valence-electron chi connectivity index (χ4n) is 1.87. The molecule has 0 amide bonds. The number of hydrogen-bond acceptors (Lipinski definition) is 4. The molecule has 0 aliphatic rings. The van der Waals surface area contributed by atoms with Crippen LogP contribution in [0.3, 0.4) is 0 Å². The Bertz CT molecular complexity index is 619. The van der Waals surface area contributed by atoms with E-state index in [2.05, 4.69) is 33.0 Å². The lowest BCUT2D eigenvalue weighted by Crippen LogP contribution is -2.31. The molecule has 0 unspecified atom stereocenters. The number of thiazole rings is 1. The van der Waals surface area contributed by atoms with Crippen molar-refractivity contribution in [1.29, 1.82) is 0 Å². The molecule has 2 rings (SSSR count). The van der Waals surface area contributed by atoms with E-state index in [-0.39, 0.29) is 5.97 Å². The molecule has 0 saturated carbocycles. The van der Waals surface area contributed by atoms with Gasteiger partial charge in [-0.3, -0.25) is 4.79 Å². The van der Waals surface area contributed by atoms with E-state index in [0.29, 0.717) is 6.61 Å². The number of ether oxygens (including phenoxy) is 1. The van der Waals surface area contributed by atoms with E-state index in [1.54, 1.807) is 11.3 Å². The summed E-state index contributed by atoms with van der Waals surface area (Å²) in [6.45, 7) is 5.90. The minimum atomic E-state index is -0.704. The SMILES string of the molecule is CCOC(=O)C(C)(C)c1csc(Cc2ccc(Br)cc2)n1. The lowest BCUT2D eigenvalue weighted by atomic mass is 9.90. The van der Waals surface area contributed by atoms with Crippen molar-refractivity contribution in [3.63, 3.8) is 0 Å². The molecule has 0 N–H and O–H groups in total. The van der Waals surface area contributed by atoms with Gasteiger partial charge in [0.25, 0.3) is 0 Å². The number of halogens is 1. The topological polar surface area (TPSA) is 39.2 Å². The van der Waals surface area contributed by atoms with Crippen LogP contribution >= 0.6 is 27.3 Å². The Morgan fingerprint density at radius 3 is 2.62 bits per heavy atom. The summed E-state index contributed by atoms with van der Waals surface area (Å²) in [7, 11) is 0. The Morgan fingerprint density at radius 2 is 2.00 bits per heavy atom. The second kappa shape index (κ2) is 6.71. The minimum absolute atomic E-state index is 0.231. The number of carbonyl (C=O) groups is 1. The van der Waals surface area contributed by atoms with Gasteiger partial charge in [0.1, 0.15) is 5.41 Å². The summed E-state index contributed by atoms with van der Waals surface area (Å²) in [5.74, 6) is -0.231. The Morgan fingerprint density at radius 1 is 1.33 bits per heavy atom. The average molecular weight is 368 g/mol. The Labute approximate surface area is 137 Å². The molecule has 2 aromatic rings. The highest BCUT2D eigenvalue weighted by Crippen LogP contribution is 2.27. The van der Waals surface area contributed by atoms with Gasteiger partial charge in [0.15, 0.2) is 0 Å². The predicted molar refractivity (Wildman–Crippen MR) is 88.7 cm³/mol. The van der Waals surface area contributed by atoms with Gasteiger partial charge in [0.05, 0.1) is 17.3 Å². The first-order valence-corrected chi connectivity index (χ1v) is 8.47. The van der Waals surface area contributed by atoms with E-state index in [4.69, 9.17) is 4.74 Å². The number of nitrogens with zero attached hydrogens (tertiary/aromatic N) is 1. The maximum atomic E-state index is 12.0. The number of carbonyl (C=O) groups excluding carboxylic acids is 1. The third-order valence-electron chi connectivity index (χ3n) is 3.25. The van der Waals surface area contributed by atoms with Crippen LogP contribution in [0, 0.1) is 0 Å². The van der Waals surface area contributed by atoms with Crippen molar-refractivity contribution in [2.75, 3.05) is 6.61 Å². The molecule has 0 atom stereocenters. The monoisotopic (exact) mass is 367 g/mol. The van der Waals surface area contributed by atoms with E-state index in [0.717, 1.165) is 21.6 Å². The standard InChI is InChI=1S/C16H18BrNO2S/c1-4-20-15(19)16(2,3)13-10-21-14(18-13)9-11-5-7-12(17)8-6-11/h5-8,10H,4,9H2,1-3H3. The second-order valence-electron chi connectivity index (χ2n) is 5.28. The zero-order valence-electron chi connectivity index (χ0n) is 12.4. The van der Waals surface area contributed by atoms with Gasteiger partial charge >= 0.3 is 5.97 Å². The van der Waals surface area contributed by atoms with Crippen LogP contribution < -0.4 is 0 Å². The summed E-state index contributed by atoms with van der Waals surface area (Å²) in [5, 5.41) is 2.95. The first-order chi connectivity index (χ1) is 9.93. The Kier molecular flexibility index (Phi) is 5.17. The molecule has 0 saturated heterocycles. The quantitative estimate of drug-likeness (QED) is 0.737. The molecule has 5 heteroatoms. The van der Waals surface area contributed by atoms with Crippen molar-refractivity contribution in [2.45, 2.75) is 32.6 Å². The third-order valence-corrected chi connectivity index (χ3v) is 4.62. The molecular formula is C16H18BrNO2S. The number of benzene rings is 1. The molecule has 0 bridgehead atoms. The van der Waals surface area contributed by atoms with E-state index in [1.807, 2.05) is 38.3 Å². The summed E-state index contributed by atoms with van der Waals surface area (Å²) >= 11 is 5.01. The number of aromatic nitrogens is 1. The van der Waals surface area contributed by atoms with Gasteiger partial charge in [-0.05, 0) is 38.5 Å². The molecule has 0 aliphatic carbocycles. The van der Waals surface area contributed by atoms with Gasteiger partial charge < -0.3 is 4.74 Å². The van der Waals surface area contributed by atoms with E-state index < -0.39 is 5.41 Å². The van der Waals surface area contributed by atoms with Gasteiger partial charge in [-0.15, -0.1) is 11.3 Å². The third kappa shape index (κ3) is 3.92. The van der Waals surface area contributed by atoms with E-state index >= 15 is 0 Å². The number of hydrogen-bond donors (Lipinski definition) is 0. The zero-order chi connectivity index (χ0) is 15.5. The Hall–Kier alpha value is -1.20. The molecule has 1 aromatic carbocycles. The van der Waals surface area contributed by atoms with Crippen LogP contribution in [0.5, 0.6) is 0 Å². The first kappa shape index (κ1) is 16.2. The number of rotatable bonds is 5. The van der Waals surface area contributed by atoms with Crippen molar-refractivity contribution in [1.82, 2.24) is 4.98 Å². The van der Waals surface area contributed by atoms with Crippen molar-refractivity contribution >= 4 is 33.2 Å². The average Bonchev–Trinajstić information content (AvgIpc) is 2.91. The van der Waals surface area contributed by atoms with Gasteiger partial charge in [0, 0.05) is 16.3 Å². The highest BCUT2D eigenvalue weighted by molar-refractivity contribution is 9.10. The van der Waals surface area contributed by atoms with Crippen molar-refractivity contribution < 1.29 is 9.53 Å². The van der Waals surface area contributed by atoms with Gasteiger partial charge in [-0.1, -0.05) is 28.1 Å². The zero-order valence-corrected chi connectivity index (χ0v) is 14.8. The van der Waals surface area contributed by atoms with Crippen LogP contribution in [0.4, 0.5) is 0 Å². The van der Waals surface area contributed by atoms with Crippen LogP contribution in [0.25, 0.3) is 0 Å². The van der Waals surface area contributed by atoms with E-state index in [9.17, 15) is 4.79 Å². The molecule has 0 fully saturated rings. The smallest absolute Gasteiger partial charge is 0.317 e. The normalized spacial score (nSPS) is 11.4. The summed E-state index contributed by atoms with van der Waals surface area (Å²) in [6, 6.07) is 8.18. The molecule has 21 heavy (non-hydrogen) atoms. The van der Waals surface area contributed by atoms with Gasteiger partial charge in [-0.2, -0.15) is 0 Å². The first-order valence-electron chi connectivity index (χ1n) is 6.80. The second-order valence-corrected chi connectivity index (χ2v) is 7.13. The number of esters is 1. The lowest BCUT2D eigenvalue weighted by Gasteiger charge is -2.19. The lowest BCUT2D eigenvalue weighted by molar-refractivity contribution is -0.148. The highest BCUT2D eigenvalue weighted by atomic mass is 79.9. The fraction of sp³-hybridized carbons (Fsp3) is 0.375. The summed E-state index contributed by atoms with van der Waals surface area (Å²) in [5.41, 5.74) is 1.27. The highest BCUT2D eigenvalue weighted by Gasteiger charge is 2.33. The molecule has 112 valence electrons. The molecule has 0 radical (unpaired) electrons. The van der Waals surface area contributed by atoms with Crippen LogP contribution in [-0.2, 0) is 21.4 Å². The van der Waals surface area contributed by atoms with Crippen LogP contribution in [0.2, 0.25) is 0 Å². The molecular weight excluding hydrogens is 350 g/mol. The minimum Gasteiger partial charge on any atom is -0.465 e. The van der Waals surface area contributed by atoms with Crippen LogP contribution in [0.1, 0.15) is 37.0 Å². The predicted octanol–water partition coefficient (Wildman–Crippen LogP) is 4.34. The van der Waals surface area contributed by atoms with Crippen molar-refractivity contribution in [3.05, 3.63) is 50.4 Å². The molecule has 0 aliphatic heterocycles. The molecule has 3 nitrogen and oxygen atoms in total. The maximum Gasteiger partial charge on any atom is 0.317 e. The van der Waals surface area contributed by atoms with Crippen molar-refractivity contribution in [2.24, 2.45) is 0 Å². The van der Waals surface area contributed by atoms with Gasteiger partial charge in [0.2, 0.25) is 0 Å².